The molecule has 2 atom stereocenters. The number of rotatable bonds is 6. The number of carbonyl (C=O) groups is 2. The Bertz CT molecular complexity index is 1120. The van der Waals surface area contributed by atoms with E-state index >= 15 is 0 Å². The number of nitrogens with zero attached hydrogens (tertiary/aromatic N) is 2. The van der Waals surface area contributed by atoms with Crippen LogP contribution in [0, 0.1) is 17.2 Å². The average Bonchev–Trinajstić information content (AvgIpc) is 3.27. The van der Waals surface area contributed by atoms with Crippen molar-refractivity contribution in [3.05, 3.63) is 54.3 Å². The van der Waals surface area contributed by atoms with Gasteiger partial charge in [0.2, 0.25) is 0 Å². The molecule has 2 unspecified atom stereocenters. The van der Waals surface area contributed by atoms with Gasteiger partial charge in [-0.15, -0.1) is 0 Å². The van der Waals surface area contributed by atoms with Crippen LogP contribution in [0.4, 0.5) is 0 Å². The van der Waals surface area contributed by atoms with Crippen LogP contribution in [0.25, 0.3) is 22.4 Å². The number of fused-ring (bicyclic) bond motifs is 1. The van der Waals surface area contributed by atoms with E-state index in [0.29, 0.717) is 22.4 Å². The van der Waals surface area contributed by atoms with Gasteiger partial charge in [0.15, 0.2) is 11.9 Å². The van der Waals surface area contributed by atoms with Gasteiger partial charge in [-0.05, 0) is 44.0 Å². The summed E-state index contributed by atoms with van der Waals surface area (Å²) in [5.41, 5.74) is 0.304. The molecule has 1 amide bonds. The molecule has 0 aliphatic rings. The van der Waals surface area contributed by atoms with Gasteiger partial charge in [0.05, 0.1) is 23.4 Å². The van der Waals surface area contributed by atoms with Crippen LogP contribution >= 0.6 is 0 Å². The second-order valence-electron chi connectivity index (χ2n) is 7.56. The number of pyridine rings is 1. The first-order chi connectivity index (χ1) is 14.2. The third-order valence-corrected chi connectivity index (χ3v) is 5.13. The number of benzene rings is 1. The van der Waals surface area contributed by atoms with Crippen LogP contribution in [0.5, 0.6) is 0 Å². The van der Waals surface area contributed by atoms with Crippen LogP contribution in [0.15, 0.2) is 53.1 Å². The maximum absolute atomic E-state index is 12.9. The lowest BCUT2D eigenvalue weighted by molar-refractivity contribution is -0.130. The fraction of sp³-hybridized carbons (Fsp3) is 0.304. The van der Waals surface area contributed by atoms with E-state index in [2.05, 4.69) is 16.4 Å². The molecule has 3 aromatic rings. The van der Waals surface area contributed by atoms with Gasteiger partial charge >= 0.3 is 5.97 Å². The standard InChI is InChI=1S/C23H23N3O4/c1-14(2)23(4,13-24)26-21(27)15(3)30-22(28)17-12-19(20-10-7-11-29-20)25-18-9-6-5-8-16(17)18/h5-12,14-15H,1-4H3,(H,26,27). The minimum atomic E-state index is -1.08. The van der Waals surface area contributed by atoms with Crippen molar-refractivity contribution < 1.29 is 18.7 Å². The summed E-state index contributed by atoms with van der Waals surface area (Å²) >= 11 is 0. The number of hydrogen-bond acceptors (Lipinski definition) is 6. The highest BCUT2D eigenvalue weighted by molar-refractivity contribution is 6.05. The molecule has 0 bridgehead atoms. The van der Waals surface area contributed by atoms with Gasteiger partial charge in [0.25, 0.3) is 5.91 Å². The summed E-state index contributed by atoms with van der Waals surface area (Å²) in [5.74, 6) is -0.797. The Morgan fingerprint density at radius 1 is 1.20 bits per heavy atom. The highest BCUT2D eigenvalue weighted by Gasteiger charge is 2.33. The quantitative estimate of drug-likeness (QED) is 0.619. The Labute approximate surface area is 174 Å². The molecule has 0 spiro atoms. The van der Waals surface area contributed by atoms with Crippen molar-refractivity contribution in [2.24, 2.45) is 5.92 Å². The van der Waals surface area contributed by atoms with Crippen molar-refractivity contribution in [3.63, 3.8) is 0 Å². The number of aromatic nitrogens is 1. The van der Waals surface area contributed by atoms with Gasteiger partial charge in [-0.3, -0.25) is 4.79 Å². The summed E-state index contributed by atoms with van der Waals surface area (Å²) in [6.07, 6.45) is 0.445. The summed E-state index contributed by atoms with van der Waals surface area (Å²) in [4.78, 5) is 30.0. The number of furan rings is 1. The zero-order valence-electron chi connectivity index (χ0n) is 17.3. The van der Waals surface area contributed by atoms with Crippen LogP contribution in [-0.4, -0.2) is 28.5 Å². The molecule has 154 valence electrons. The molecule has 1 N–H and O–H groups in total. The van der Waals surface area contributed by atoms with Gasteiger partial charge in [0.1, 0.15) is 11.2 Å². The largest absolute Gasteiger partial charge is 0.463 e. The van der Waals surface area contributed by atoms with Crippen LogP contribution in [-0.2, 0) is 9.53 Å². The molecule has 2 heterocycles. The molecule has 7 heteroatoms. The lowest BCUT2D eigenvalue weighted by Crippen LogP contribution is -2.52. The Morgan fingerprint density at radius 2 is 1.93 bits per heavy atom. The van der Waals surface area contributed by atoms with E-state index in [1.165, 1.54) is 13.2 Å². The summed E-state index contributed by atoms with van der Waals surface area (Å²) in [6, 6.07) is 14.3. The molecule has 0 fully saturated rings. The van der Waals surface area contributed by atoms with E-state index in [4.69, 9.17) is 9.15 Å². The number of amides is 1. The third kappa shape index (κ3) is 4.18. The second kappa shape index (κ2) is 8.37. The third-order valence-electron chi connectivity index (χ3n) is 5.13. The summed E-state index contributed by atoms with van der Waals surface area (Å²) < 4.78 is 10.8. The SMILES string of the molecule is CC(OC(=O)c1cc(-c2ccco2)nc2ccccc12)C(=O)NC(C)(C#N)C(C)C. The molecular formula is C23H23N3O4. The van der Waals surface area contributed by atoms with Crippen LogP contribution in [0.3, 0.4) is 0 Å². The van der Waals surface area contributed by atoms with Gasteiger partial charge in [-0.2, -0.15) is 5.26 Å². The minimum Gasteiger partial charge on any atom is -0.463 e. The lowest BCUT2D eigenvalue weighted by Gasteiger charge is -2.28. The molecule has 0 radical (unpaired) electrons. The number of para-hydroxylation sites is 1. The fourth-order valence-corrected chi connectivity index (χ4v) is 2.83. The maximum atomic E-state index is 12.9. The Kier molecular flexibility index (Phi) is 5.88. The topological polar surface area (TPSA) is 105 Å². The van der Waals surface area contributed by atoms with E-state index in [9.17, 15) is 14.9 Å². The Balaban J connectivity index is 1.88. The number of nitrogens with one attached hydrogen (secondary N) is 1. The normalized spacial score (nSPS) is 14.0. The minimum absolute atomic E-state index is 0.116. The van der Waals surface area contributed by atoms with Gasteiger partial charge < -0.3 is 14.5 Å². The number of hydrogen-bond donors (Lipinski definition) is 1. The zero-order valence-corrected chi connectivity index (χ0v) is 17.3. The highest BCUT2D eigenvalue weighted by Crippen LogP contribution is 2.26. The summed E-state index contributed by atoms with van der Waals surface area (Å²) in [7, 11) is 0. The molecule has 7 nitrogen and oxygen atoms in total. The molecule has 3 rings (SSSR count). The van der Waals surface area contributed by atoms with Crippen LogP contribution in [0.2, 0.25) is 0 Å². The monoisotopic (exact) mass is 405 g/mol. The van der Waals surface area contributed by atoms with E-state index < -0.39 is 23.5 Å². The van der Waals surface area contributed by atoms with Crippen molar-refractivity contribution in [1.82, 2.24) is 10.3 Å². The van der Waals surface area contributed by atoms with Gasteiger partial charge in [-0.25, -0.2) is 9.78 Å². The molecule has 0 aliphatic carbocycles. The van der Waals surface area contributed by atoms with Crippen molar-refractivity contribution in [2.75, 3.05) is 0 Å². The summed E-state index contributed by atoms with van der Waals surface area (Å²) in [5, 5.41) is 12.7. The van der Waals surface area contributed by atoms with Crippen molar-refractivity contribution in [1.29, 1.82) is 5.26 Å². The number of esters is 1. The van der Waals surface area contributed by atoms with E-state index in [-0.39, 0.29) is 11.5 Å². The molecule has 30 heavy (non-hydrogen) atoms. The number of carbonyl (C=O) groups excluding carboxylic acids is 2. The van der Waals surface area contributed by atoms with Crippen molar-refractivity contribution in [3.8, 4) is 17.5 Å². The van der Waals surface area contributed by atoms with Crippen LogP contribution < -0.4 is 5.32 Å². The van der Waals surface area contributed by atoms with Crippen LogP contribution in [0.1, 0.15) is 38.1 Å². The van der Waals surface area contributed by atoms with Gasteiger partial charge in [-0.1, -0.05) is 32.0 Å². The smallest absolute Gasteiger partial charge is 0.339 e. The molecule has 0 saturated carbocycles. The second-order valence-corrected chi connectivity index (χ2v) is 7.56. The zero-order chi connectivity index (χ0) is 21.9. The Hall–Kier alpha value is -3.66. The first kappa shape index (κ1) is 21.1. The highest BCUT2D eigenvalue weighted by atomic mass is 16.5. The fourth-order valence-electron chi connectivity index (χ4n) is 2.83. The van der Waals surface area contributed by atoms with E-state index in [1.54, 1.807) is 43.3 Å². The molecular weight excluding hydrogens is 382 g/mol. The number of nitriles is 1. The van der Waals surface area contributed by atoms with Crippen molar-refractivity contribution >= 4 is 22.8 Å². The average molecular weight is 405 g/mol. The van der Waals surface area contributed by atoms with E-state index in [1.807, 2.05) is 19.9 Å². The summed E-state index contributed by atoms with van der Waals surface area (Å²) in [6.45, 7) is 6.77. The molecule has 1 aromatic carbocycles. The number of ether oxygens (including phenoxy) is 1. The van der Waals surface area contributed by atoms with Crippen molar-refractivity contribution in [2.45, 2.75) is 39.3 Å². The predicted octanol–water partition coefficient (Wildman–Crippen LogP) is 4.09. The molecule has 2 aromatic heterocycles. The first-order valence-electron chi connectivity index (χ1n) is 9.63. The molecule has 0 saturated heterocycles. The van der Waals surface area contributed by atoms with Gasteiger partial charge in [0, 0.05) is 5.39 Å². The van der Waals surface area contributed by atoms with E-state index in [0.717, 1.165) is 0 Å². The predicted molar refractivity (Wildman–Crippen MR) is 111 cm³/mol. The Morgan fingerprint density at radius 3 is 2.57 bits per heavy atom. The molecule has 0 aliphatic heterocycles. The first-order valence-corrected chi connectivity index (χ1v) is 9.63. The lowest BCUT2D eigenvalue weighted by atomic mass is 9.90. The maximum Gasteiger partial charge on any atom is 0.339 e.